The summed E-state index contributed by atoms with van der Waals surface area (Å²) in [4.78, 5) is 18.0. The summed E-state index contributed by atoms with van der Waals surface area (Å²) in [6.07, 6.45) is 3.70. The highest BCUT2D eigenvalue weighted by atomic mass is 127. The Balaban J connectivity index is 2.40. The number of allylic oxidation sites excluding steroid dienone is 1. The molecule has 2 aromatic rings. The third-order valence-corrected chi connectivity index (χ3v) is 3.37. The number of nitrogens with one attached hydrogen (secondary N) is 1. The third kappa shape index (κ3) is 3.14. The van der Waals surface area contributed by atoms with E-state index >= 15 is 0 Å². The number of aromatic nitrogens is 2. The lowest BCUT2D eigenvalue weighted by Crippen LogP contribution is -2.11. The molecule has 1 aromatic heterocycles. The first-order valence-electron chi connectivity index (χ1n) is 5.52. The van der Waals surface area contributed by atoms with Gasteiger partial charge in [-0.3, -0.25) is 4.79 Å². The van der Waals surface area contributed by atoms with E-state index in [0.29, 0.717) is 21.4 Å². The Kier molecular flexibility index (Phi) is 4.20. The summed E-state index contributed by atoms with van der Waals surface area (Å²) >= 11 is 1.90. The second-order valence-corrected chi connectivity index (χ2v) is 4.89. The first kappa shape index (κ1) is 13.6. The Labute approximate surface area is 123 Å². The predicted octanol–water partition coefficient (Wildman–Crippen LogP) is 2.48. The highest BCUT2D eigenvalue weighted by Gasteiger charge is 2.10. The molecule has 2 rings (SSSR count). The summed E-state index contributed by atoms with van der Waals surface area (Å²) in [6.45, 7) is 3.70. The molecule has 0 spiro atoms. The van der Waals surface area contributed by atoms with Crippen LogP contribution in [0.15, 0.2) is 42.0 Å². The molecule has 0 saturated carbocycles. The smallest absolute Gasteiger partial charge is 0.268 e. The number of anilines is 1. The Morgan fingerprint density at radius 1 is 1.53 bits per heavy atom. The molecule has 5 nitrogen and oxygen atoms in total. The van der Waals surface area contributed by atoms with Gasteiger partial charge in [0.2, 0.25) is 5.88 Å². The molecule has 0 aliphatic rings. The lowest BCUT2D eigenvalue weighted by Gasteiger charge is -2.10. The molecule has 0 saturated heterocycles. The predicted molar refractivity (Wildman–Crippen MR) is 82.4 cm³/mol. The van der Waals surface area contributed by atoms with Crippen molar-refractivity contribution in [1.82, 2.24) is 9.97 Å². The number of aromatic amines is 1. The van der Waals surface area contributed by atoms with Crippen LogP contribution >= 0.6 is 22.6 Å². The van der Waals surface area contributed by atoms with Crippen molar-refractivity contribution in [2.24, 2.45) is 0 Å². The maximum absolute atomic E-state index is 11.5. The second kappa shape index (κ2) is 5.87. The van der Waals surface area contributed by atoms with Crippen LogP contribution in [0.25, 0.3) is 0 Å². The van der Waals surface area contributed by atoms with Crippen molar-refractivity contribution in [3.8, 4) is 11.6 Å². The number of H-pyrrole nitrogens is 1. The molecule has 6 heteroatoms. The van der Waals surface area contributed by atoms with Gasteiger partial charge in [0.25, 0.3) is 5.56 Å². The van der Waals surface area contributed by atoms with Crippen LogP contribution in [-0.4, -0.2) is 9.97 Å². The van der Waals surface area contributed by atoms with Gasteiger partial charge in [0.15, 0.2) is 0 Å². The number of hydrogen-bond donors (Lipinski definition) is 2. The van der Waals surface area contributed by atoms with E-state index in [1.807, 2.05) is 28.7 Å². The molecule has 0 bridgehead atoms. The van der Waals surface area contributed by atoms with Gasteiger partial charge in [0, 0.05) is 11.3 Å². The highest BCUT2D eigenvalue weighted by Crippen LogP contribution is 2.27. The quantitative estimate of drug-likeness (QED) is 0.493. The van der Waals surface area contributed by atoms with Crippen molar-refractivity contribution in [3.63, 3.8) is 0 Å². The molecule has 98 valence electrons. The van der Waals surface area contributed by atoms with E-state index in [-0.39, 0.29) is 11.4 Å². The van der Waals surface area contributed by atoms with Gasteiger partial charge < -0.3 is 15.5 Å². The molecule has 0 fully saturated rings. The summed E-state index contributed by atoms with van der Waals surface area (Å²) in [7, 11) is 0. The Hall–Kier alpha value is -1.83. The molecular formula is C13H12IN3O2. The van der Waals surface area contributed by atoms with Crippen LogP contribution in [-0.2, 0) is 6.42 Å². The fourth-order valence-corrected chi connectivity index (χ4v) is 1.96. The SMILES string of the molecule is C=CCc1cc(N)ccc1Oc1nc[nH]c(=O)c1I. The molecule has 0 atom stereocenters. The third-order valence-electron chi connectivity index (χ3n) is 2.42. The second-order valence-electron chi connectivity index (χ2n) is 3.81. The van der Waals surface area contributed by atoms with E-state index in [4.69, 9.17) is 10.5 Å². The number of rotatable bonds is 4. The molecule has 0 amide bonds. The standard InChI is InChI=1S/C13H12IN3O2/c1-2-3-8-6-9(15)4-5-10(8)19-13-11(14)12(18)16-7-17-13/h2,4-7H,1,3,15H2,(H,16,17,18). The van der Waals surface area contributed by atoms with Crippen molar-refractivity contribution in [2.45, 2.75) is 6.42 Å². The minimum Gasteiger partial charge on any atom is -0.437 e. The Bertz CT molecular complexity index is 667. The molecule has 0 unspecified atom stereocenters. The topological polar surface area (TPSA) is 81.0 Å². The fourth-order valence-electron chi connectivity index (χ4n) is 1.56. The van der Waals surface area contributed by atoms with Crippen molar-refractivity contribution in [1.29, 1.82) is 0 Å². The number of nitrogen functional groups attached to an aromatic ring is 1. The maximum atomic E-state index is 11.5. The number of hydrogen-bond acceptors (Lipinski definition) is 4. The fraction of sp³-hybridized carbons (Fsp3) is 0.0769. The van der Waals surface area contributed by atoms with Crippen LogP contribution in [0.3, 0.4) is 0 Å². The molecule has 0 radical (unpaired) electrons. The summed E-state index contributed by atoms with van der Waals surface area (Å²) in [5.74, 6) is 0.893. The number of nitrogens with two attached hydrogens (primary N) is 1. The van der Waals surface area contributed by atoms with Gasteiger partial charge in [0.1, 0.15) is 9.32 Å². The van der Waals surface area contributed by atoms with Crippen LogP contribution in [0, 0.1) is 3.57 Å². The van der Waals surface area contributed by atoms with Crippen LogP contribution < -0.4 is 16.0 Å². The molecule has 1 aromatic carbocycles. The maximum Gasteiger partial charge on any atom is 0.268 e. The first-order valence-corrected chi connectivity index (χ1v) is 6.60. The lowest BCUT2D eigenvalue weighted by atomic mass is 10.1. The number of halogens is 1. The molecule has 19 heavy (non-hydrogen) atoms. The van der Waals surface area contributed by atoms with Crippen LogP contribution in [0.1, 0.15) is 5.56 Å². The average Bonchev–Trinajstić information content (AvgIpc) is 2.38. The summed E-state index contributed by atoms with van der Waals surface area (Å²) in [6, 6.07) is 5.31. The average molecular weight is 369 g/mol. The highest BCUT2D eigenvalue weighted by molar-refractivity contribution is 14.1. The van der Waals surface area contributed by atoms with Gasteiger partial charge in [0.05, 0.1) is 6.33 Å². The van der Waals surface area contributed by atoms with Crippen LogP contribution in [0.4, 0.5) is 5.69 Å². The largest absolute Gasteiger partial charge is 0.437 e. The van der Waals surface area contributed by atoms with E-state index in [0.717, 1.165) is 5.56 Å². The van der Waals surface area contributed by atoms with Crippen LogP contribution in [0.2, 0.25) is 0 Å². The Morgan fingerprint density at radius 2 is 2.32 bits per heavy atom. The van der Waals surface area contributed by atoms with E-state index in [9.17, 15) is 4.79 Å². The van der Waals surface area contributed by atoms with Gasteiger partial charge in [-0.1, -0.05) is 6.08 Å². The summed E-state index contributed by atoms with van der Waals surface area (Å²) < 4.78 is 6.09. The van der Waals surface area contributed by atoms with E-state index in [2.05, 4.69) is 16.5 Å². The van der Waals surface area contributed by atoms with Crippen molar-refractivity contribution >= 4 is 28.3 Å². The van der Waals surface area contributed by atoms with E-state index in [1.165, 1.54) is 6.33 Å². The van der Waals surface area contributed by atoms with Gasteiger partial charge in [-0.25, -0.2) is 4.98 Å². The van der Waals surface area contributed by atoms with E-state index < -0.39 is 0 Å². The zero-order valence-electron chi connectivity index (χ0n) is 10.0. The molecule has 3 N–H and O–H groups in total. The monoisotopic (exact) mass is 369 g/mol. The minimum absolute atomic E-state index is 0.230. The normalized spacial score (nSPS) is 10.2. The van der Waals surface area contributed by atoms with E-state index in [1.54, 1.807) is 18.2 Å². The Morgan fingerprint density at radius 3 is 3.05 bits per heavy atom. The zero-order chi connectivity index (χ0) is 13.8. The summed E-state index contributed by atoms with van der Waals surface area (Å²) in [5, 5.41) is 0. The van der Waals surface area contributed by atoms with Gasteiger partial charge in [-0.05, 0) is 47.2 Å². The van der Waals surface area contributed by atoms with Crippen molar-refractivity contribution in [3.05, 3.63) is 56.7 Å². The number of benzene rings is 1. The van der Waals surface area contributed by atoms with Gasteiger partial charge in [-0.15, -0.1) is 6.58 Å². The first-order chi connectivity index (χ1) is 9.11. The molecule has 1 heterocycles. The summed E-state index contributed by atoms with van der Waals surface area (Å²) in [5.41, 5.74) is 7.06. The number of nitrogens with zero attached hydrogens (tertiary/aromatic N) is 1. The number of ether oxygens (including phenoxy) is 1. The molecular weight excluding hydrogens is 357 g/mol. The van der Waals surface area contributed by atoms with Gasteiger partial charge in [-0.2, -0.15) is 0 Å². The van der Waals surface area contributed by atoms with Crippen molar-refractivity contribution < 1.29 is 4.74 Å². The van der Waals surface area contributed by atoms with Crippen molar-refractivity contribution in [2.75, 3.05) is 5.73 Å². The van der Waals surface area contributed by atoms with Gasteiger partial charge >= 0.3 is 0 Å². The lowest BCUT2D eigenvalue weighted by molar-refractivity contribution is 0.452. The van der Waals surface area contributed by atoms with Crippen LogP contribution in [0.5, 0.6) is 11.6 Å². The molecule has 0 aliphatic carbocycles. The minimum atomic E-state index is -0.230. The zero-order valence-corrected chi connectivity index (χ0v) is 12.2. The molecule has 0 aliphatic heterocycles.